The molecule has 0 aliphatic rings. The van der Waals surface area contributed by atoms with Gasteiger partial charge in [-0.3, -0.25) is 9.59 Å². The molecule has 0 saturated carbocycles. The Morgan fingerprint density at radius 2 is 1.74 bits per heavy atom. The Hall–Kier alpha value is -2.04. The molecule has 0 aliphatic heterocycles. The number of carbonyl (C=O) groups excluding carboxylic acids is 2. The summed E-state index contributed by atoms with van der Waals surface area (Å²) in [6.07, 6.45) is 0.927. The maximum Gasteiger partial charge on any atom is 0.317 e. The molecule has 1 aromatic rings. The average Bonchev–Trinajstić information content (AvgIpc) is 2.38. The molecule has 19 heavy (non-hydrogen) atoms. The molecular weight excluding hydrogens is 248 g/mol. The van der Waals surface area contributed by atoms with Crippen molar-refractivity contribution >= 4 is 11.9 Å². The van der Waals surface area contributed by atoms with E-state index in [1.807, 2.05) is 6.92 Å². The second-order valence-corrected chi connectivity index (χ2v) is 3.96. The van der Waals surface area contributed by atoms with E-state index in [-0.39, 0.29) is 12.8 Å². The third-order valence-corrected chi connectivity index (χ3v) is 2.48. The Morgan fingerprint density at radius 3 is 2.32 bits per heavy atom. The fourth-order valence-electron chi connectivity index (χ4n) is 1.58. The minimum Gasteiger partial charge on any atom is -0.493 e. The molecule has 104 valence electrons. The molecule has 0 atom stereocenters. The van der Waals surface area contributed by atoms with Crippen LogP contribution in [-0.2, 0) is 20.7 Å². The molecule has 1 rings (SSSR count). The van der Waals surface area contributed by atoms with E-state index < -0.39 is 11.9 Å². The van der Waals surface area contributed by atoms with Crippen LogP contribution in [0.5, 0.6) is 11.5 Å². The Morgan fingerprint density at radius 1 is 1.05 bits per heavy atom. The van der Waals surface area contributed by atoms with Crippen molar-refractivity contribution < 1.29 is 23.8 Å². The average molecular weight is 266 g/mol. The van der Waals surface area contributed by atoms with Crippen LogP contribution >= 0.6 is 0 Å². The zero-order valence-corrected chi connectivity index (χ0v) is 11.4. The lowest BCUT2D eigenvalue weighted by atomic mass is 10.1. The van der Waals surface area contributed by atoms with Crippen molar-refractivity contribution in [3.8, 4) is 11.5 Å². The summed E-state index contributed by atoms with van der Waals surface area (Å²) < 4.78 is 14.9. The number of rotatable bonds is 6. The minimum absolute atomic E-state index is 0.0236. The summed E-state index contributed by atoms with van der Waals surface area (Å²) in [5.74, 6) is 0.0630. The van der Waals surface area contributed by atoms with Crippen molar-refractivity contribution in [2.24, 2.45) is 0 Å². The van der Waals surface area contributed by atoms with E-state index in [0.29, 0.717) is 23.5 Å². The molecule has 0 spiro atoms. The number of hydrogen-bond acceptors (Lipinski definition) is 5. The van der Waals surface area contributed by atoms with Gasteiger partial charge in [0.2, 0.25) is 0 Å². The zero-order chi connectivity index (χ0) is 14.3. The predicted molar refractivity (Wildman–Crippen MR) is 69.3 cm³/mol. The lowest BCUT2D eigenvalue weighted by Gasteiger charge is -2.09. The molecule has 5 heteroatoms. The van der Waals surface area contributed by atoms with Gasteiger partial charge in [-0.1, -0.05) is 13.0 Å². The number of esters is 2. The van der Waals surface area contributed by atoms with Gasteiger partial charge < -0.3 is 14.2 Å². The quantitative estimate of drug-likeness (QED) is 0.583. The first kappa shape index (κ1) is 15.0. The van der Waals surface area contributed by atoms with Crippen LogP contribution in [0.4, 0.5) is 0 Å². The Bertz CT molecular complexity index is 453. The third-order valence-electron chi connectivity index (χ3n) is 2.48. The second kappa shape index (κ2) is 7.41. The summed E-state index contributed by atoms with van der Waals surface area (Å²) in [5, 5.41) is 0. The molecule has 0 aromatic heterocycles. The molecule has 0 heterocycles. The van der Waals surface area contributed by atoms with E-state index in [1.165, 1.54) is 14.2 Å². The van der Waals surface area contributed by atoms with E-state index in [9.17, 15) is 9.59 Å². The van der Waals surface area contributed by atoms with Crippen molar-refractivity contribution in [2.45, 2.75) is 26.2 Å². The van der Waals surface area contributed by atoms with Gasteiger partial charge in [-0.05, 0) is 24.1 Å². The molecule has 0 N–H and O–H groups in total. The predicted octanol–water partition coefficient (Wildman–Crippen LogP) is 2.12. The molecule has 5 nitrogen and oxygen atoms in total. The Labute approximate surface area is 112 Å². The number of ether oxygens (including phenoxy) is 3. The van der Waals surface area contributed by atoms with E-state index in [1.54, 1.807) is 18.2 Å². The van der Waals surface area contributed by atoms with Crippen LogP contribution in [0.25, 0.3) is 0 Å². The van der Waals surface area contributed by atoms with Crippen molar-refractivity contribution in [3.05, 3.63) is 23.8 Å². The van der Waals surface area contributed by atoms with Gasteiger partial charge >= 0.3 is 11.9 Å². The summed E-state index contributed by atoms with van der Waals surface area (Å²) in [6.45, 7) is 1.85. The highest BCUT2D eigenvalue weighted by Gasteiger charge is 2.12. The first-order valence-electron chi connectivity index (χ1n) is 6.05. The molecule has 0 unspecified atom stereocenters. The van der Waals surface area contributed by atoms with Crippen LogP contribution in [0.3, 0.4) is 0 Å². The maximum absolute atomic E-state index is 11.5. The molecule has 1 aromatic carbocycles. The molecule has 0 saturated heterocycles. The second-order valence-electron chi connectivity index (χ2n) is 3.96. The van der Waals surface area contributed by atoms with Crippen molar-refractivity contribution in [1.82, 2.24) is 0 Å². The number of hydrogen-bond donors (Lipinski definition) is 0. The topological polar surface area (TPSA) is 61.8 Å². The first-order valence-corrected chi connectivity index (χ1v) is 6.05. The zero-order valence-electron chi connectivity index (χ0n) is 11.4. The van der Waals surface area contributed by atoms with E-state index >= 15 is 0 Å². The summed E-state index contributed by atoms with van der Waals surface area (Å²) in [7, 11) is 3.06. The van der Waals surface area contributed by atoms with Crippen molar-refractivity contribution in [2.75, 3.05) is 14.2 Å². The van der Waals surface area contributed by atoms with Crippen LogP contribution in [0.2, 0.25) is 0 Å². The highest BCUT2D eigenvalue weighted by atomic mass is 16.6. The standard InChI is InChI=1S/C14H18O5/c1-4-5-13(15)19-14(16)9-10-6-7-11(17-2)12(8-10)18-3/h6-8H,4-5,9H2,1-3H3. The fourth-order valence-corrected chi connectivity index (χ4v) is 1.58. The molecule has 0 aliphatic carbocycles. The van der Waals surface area contributed by atoms with E-state index in [4.69, 9.17) is 9.47 Å². The van der Waals surface area contributed by atoms with Gasteiger partial charge in [-0.25, -0.2) is 0 Å². The molecule has 0 amide bonds. The largest absolute Gasteiger partial charge is 0.493 e. The smallest absolute Gasteiger partial charge is 0.317 e. The fraction of sp³-hybridized carbons (Fsp3) is 0.429. The first-order chi connectivity index (χ1) is 9.10. The van der Waals surface area contributed by atoms with Crippen molar-refractivity contribution in [1.29, 1.82) is 0 Å². The monoisotopic (exact) mass is 266 g/mol. The van der Waals surface area contributed by atoms with Gasteiger partial charge in [-0.15, -0.1) is 0 Å². The SMILES string of the molecule is CCCC(=O)OC(=O)Cc1ccc(OC)c(OC)c1. The van der Waals surface area contributed by atoms with E-state index in [2.05, 4.69) is 4.74 Å². The maximum atomic E-state index is 11.5. The lowest BCUT2D eigenvalue weighted by Crippen LogP contribution is -2.14. The van der Waals surface area contributed by atoms with Crippen molar-refractivity contribution in [3.63, 3.8) is 0 Å². The molecule has 0 bridgehead atoms. The normalized spacial score (nSPS) is 9.84. The highest BCUT2D eigenvalue weighted by Crippen LogP contribution is 2.27. The van der Waals surface area contributed by atoms with Gasteiger partial charge in [0.15, 0.2) is 11.5 Å². The summed E-state index contributed by atoms with van der Waals surface area (Å²) in [4.78, 5) is 22.7. The number of methoxy groups -OCH3 is 2. The van der Waals surface area contributed by atoms with Crippen LogP contribution in [-0.4, -0.2) is 26.2 Å². The lowest BCUT2D eigenvalue weighted by molar-refractivity contribution is -0.159. The van der Waals surface area contributed by atoms with Crippen LogP contribution in [0.15, 0.2) is 18.2 Å². The van der Waals surface area contributed by atoms with Crippen LogP contribution < -0.4 is 9.47 Å². The number of benzene rings is 1. The van der Waals surface area contributed by atoms with E-state index in [0.717, 1.165) is 0 Å². The van der Waals surface area contributed by atoms with Gasteiger partial charge in [0.25, 0.3) is 0 Å². The Kier molecular flexibility index (Phi) is 5.85. The van der Waals surface area contributed by atoms with Crippen LogP contribution in [0.1, 0.15) is 25.3 Å². The summed E-state index contributed by atoms with van der Waals surface area (Å²) >= 11 is 0. The van der Waals surface area contributed by atoms with Gasteiger partial charge in [0.1, 0.15) is 0 Å². The highest BCUT2D eigenvalue weighted by molar-refractivity contribution is 5.86. The summed E-state index contributed by atoms with van der Waals surface area (Å²) in [5.41, 5.74) is 0.701. The molecule has 0 radical (unpaired) electrons. The molecular formula is C14H18O5. The molecule has 0 fully saturated rings. The minimum atomic E-state index is -0.564. The van der Waals surface area contributed by atoms with Gasteiger partial charge in [0.05, 0.1) is 20.6 Å². The van der Waals surface area contributed by atoms with Crippen LogP contribution in [0, 0.1) is 0 Å². The summed E-state index contributed by atoms with van der Waals surface area (Å²) in [6, 6.07) is 5.12. The Balaban J connectivity index is 2.66. The van der Waals surface area contributed by atoms with Gasteiger partial charge in [-0.2, -0.15) is 0 Å². The third kappa shape index (κ3) is 4.62. The number of carbonyl (C=O) groups is 2. The van der Waals surface area contributed by atoms with Gasteiger partial charge in [0, 0.05) is 6.42 Å².